The number of halogens is 3. The number of fused-ring (bicyclic) bond motifs is 1. The van der Waals surface area contributed by atoms with Gasteiger partial charge in [0, 0.05) is 44.6 Å². The summed E-state index contributed by atoms with van der Waals surface area (Å²) in [5, 5.41) is 7.22. The van der Waals surface area contributed by atoms with Gasteiger partial charge in [0.25, 0.3) is 0 Å². The van der Waals surface area contributed by atoms with Gasteiger partial charge in [-0.05, 0) is 23.8 Å². The molecule has 0 aliphatic carbocycles. The van der Waals surface area contributed by atoms with Gasteiger partial charge in [-0.3, -0.25) is 4.79 Å². The smallest absolute Gasteiger partial charge is 0.359 e. The van der Waals surface area contributed by atoms with Gasteiger partial charge in [0.2, 0.25) is 5.91 Å². The van der Waals surface area contributed by atoms with Crippen molar-refractivity contribution in [3.63, 3.8) is 0 Å². The number of alkyl halides is 3. The number of aromatic nitrogens is 2. The van der Waals surface area contributed by atoms with E-state index in [1.54, 1.807) is 6.20 Å². The number of carbonyl (C=O) groups excluding carboxylic acids is 1. The average molecular weight is 378 g/mol. The van der Waals surface area contributed by atoms with Crippen molar-refractivity contribution in [2.45, 2.75) is 19.1 Å². The molecule has 1 atom stereocenters. The fourth-order valence-electron chi connectivity index (χ4n) is 3.37. The van der Waals surface area contributed by atoms with Crippen molar-refractivity contribution in [3.05, 3.63) is 59.8 Å². The highest BCUT2D eigenvalue weighted by Crippen LogP contribution is 2.31. The van der Waals surface area contributed by atoms with Gasteiger partial charge in [-0.2, -0.15) is 18.3 Å². The molecule has 0 radical (unpaired) electrons. The Morgan fingerprint density at radius 1 is 1.33 bits per heavy atom. The number of carbonyl (C=O) groups is 1. The van der Waals surface area contributed by atoms with E-state index in [2.05, 4.69) is 21.9 Å². The van der Waals surface area contributed by atoms with E-state index in [0.29, 0.717) is 19.5 Å². The Bertz CT molecular complexity index is 826. The summed E-state index contributed by atoms with van der Waals surface area (Å²) in [6.07, 6.45) is -0.816. The molecule has 0 saturated heterocycles. The molecule has 0 fully saturated rings. The van der Waals surface area contributed by atoms with Crippen LogP contribution in [0.1, 0.15) is 16.7 Å². The average Bonchev–Trinajstić information content (AvgIpc) is 3.02. The molecule has 2 heterocycles. The fourth-order valence-corrected chi connectivity index (χ4v) is 3.37. The minimum Gasteiger partial charge on any atom is -0.359 e. The molecule has 2 aromatic rings. The second-order valence-electron chi connectivity index (χ2n) is 6.74. The first-order chi connectivity index (χ1) is 12.8. The summed E-state index contributed by atoms with van der Waals surface area (Å²) >= 11 is 0. The van der Waals surface area contributed by atoms with Crippen LogP contribution in [0, 0.1) is 5.92 Å². The zero-order valence-corrected chi connectivity index (χ0v) is 15.0. The van der Waals surface area contributed by atoms with E-state index in [9.17, 15) is 18.0 Å². The predicted octanol–water partition coefficient (Wildman–Crippen LogP) is 2.86. The van der Waals surface area contributed by atoms with Crippen LogP contribution in [0.5, 0.6) is 0 Å². The van der Waals surface area contributed by atoms with Crippen LogP contribution in [0.3, 0.4) is 0 Å². The zero-order valence-electron chi connectivity index (χ0n) is 15.0. The Hall–Kier alpha value is -2.77. The second-order valence-corrected chi connectivity index (χ2v) is 6.74. The highest BCUT2D eigenvalue weighted by atomic mass is 19.4. The van der Waals surface area contributed by atoms with Crippen LogP contribution in [0.2, 0.25) is 0 Å². The molecule has 8 heteroatoms. The number of hydrogen-bond donors (Lipinski definition) is 1. The molecule has 27 heavy (non-hydrogen) atoms. The second kappa shape index (κ2) is 7.46. The van der Waals surface area contributed by atoms with Crippen LogP contribution in [-0.4, -0.2) is 35.8 Å². The number of nitrogens with one attached hydrogen (secondary N) is 1. The molecule has 3 rings (SSSR count). The predicted molar refractivity (Wildman–Crippen MR) is 96.4 cm³/mol. The molecular formula is C19H21F3N4O. The van der Waals surface area contributed by atoms with E-state index in [0.717, 1.165) is 35.6 Å². The maximum absolute atomic E-state index is 12.7. The SMILES string of the molecule is C=CC(=O)NCC1CN(C)c2c(Cc3ccc(C(F)(F)F)cc3)cnn2C1. The van der Waals surface area contributed by atoms with Crippen LogP contribution < -0.4 is 10.2 Å². The number of rotatable bonds is 5. The first kappa shape index (κ1) is 19.0. The normalized spacial score (nSPS) is 16.7. The summed E-state index contributed by atoms with van der Waals surface area (Å²) in [7, 11) is 1.95. The first-order valence-corrected chi connectivity index (χ1v) is 8.60. The maximum atomic E-state index is 12.7. The third-order valence-electron chi connectivity index (χ3n) is 4.64. The maximum Gasteiger partial charge on any atom is 0.416 e. The van der Waals surface area contributed by atoms with Crippen LogP contribution in [0.25, 0.3) is 0 Å². The minimum absolute atomic E-state index is 0.202. The Morgan fingerprint density at radius 3 is 2.67 bits per heavy atom. The van der Waals surface area contributed by atoms with Gasteiger partial charge in [-0.15, -0.1) is 0 Å². The van der Waals surface area contributed by atoms with E-state index < -0.39 is 11.7 Å². The summed E-state index contributed by atoms with van der Waals surface area (Å²) in [6, 6.07) is 5.22. The molecule has 1 aliphatic rings. The lowest BCUT2D eigenvalue weighted by molar-refractivity contribution is -0.137. The van der Waals surface area contributed by atoms with Crippen molar-refractivity contribution >= 4 is 11.7 Å². The molecule has 5 nitrogen and oxygen atoms in total. The highest BCUT2D eigenvalue weighted by molar-refractivity contribution is 5.86. The third kappa shape index (κ3) is 4.32. The van der Waals surface area contributed by atoms with E-state index in [-0.39, 0.29) is 11.8 Å². The standard InChI is InChI=1S/C19H21F3N4O/c1-3-17(27)23-9-14-11-25(2)18-15(10-24-26(18)12-14)8-13-4-6-16(7-5-13)19(20,21)22/h3-7,10,14H,1,8-9,11-12H2,2H3,(H,23,27). The van der Waals surface area contributed by atoms with Gasteiger partial charge in [0.15, 0.2) is 0 Å². The van der Waals surface area contributed by atoms with Crippen LogP contribution in [0.15, 0.2) is 43.1 Å². The summed E-state index contributed by atoms with van der Waals surface area (Å²) < 4.78 is 40.0. The van der Waals surface area contributed by atoms with Gasteiger partial charge in [0.1, 0.15) is 5.82 Å². The molecule has 1 N–H and O–H groups in total. The van der Waals surface area contributed by atoms with Crippen molar-refractivity contribution in [3.8, 4) is 0 Å². The monoisotopic (exact) mass is 378 g/mol. The largest absolute Gasteiger partial charge is 0.416 e. The van der Waals surface area contributed by atoms with Crippen molar-refractivity contribution in [1.82, 2.24) is 15.1 Å². The van der Waals surface area contributed by atoms with E-state index in [1.165, 1.54) is 18.2 Å². The summed E-state index contributed by atoms with van der Waals surface area (Å²) in [5.74, 6) is 0.971. The van der Waals surface area contributed by atoms with Gasteiger partial charge in [-0.1, -0.05) is 18.7 Å². The van der Waals surface area contributed by atoms with Crippen molar-refractivity contribution < 1.29 is 18.0 Å². The fraction of sp³-hybridized carbons (Fsp3) is 0.368. The van der Waals surface area contributed by atoms with Crippen molar-refractivity contribution in [2.75, 3.05) is 25.0 Å². The molecule has 0 bridgehead atoms. The Kier molecular flexibility index (Phi) is 5.25. The molecule has 0 spiro atoms. The van der Waals surface area contributed by atoms with E-state index in [4.69, 9.17) is 0 Å². The van der Waals surface area contributed by atoms with Gasteiger partial charge in [-0.25, -0.2) is 4.68 Å². The third-order valence-corrected chi connectivity index (χ3v) is 4.64. The summed E-state index contributed by atoms with van der Waals surface area (Å²) in [6.45, 7) is 5.39. The lowest BCUT2D eigenvalue weighted by Crippen LogP contribution is -2.41. The van der Waals surface area contributed by atoms with Crippen molar-refractivity contribution in [1.29, 1.82) is 0 Å². The van der Waals surface area contributed by atoms with E-state index >= 15 is 0 Å². The highest BCUT2D eigenvalue weighted by Gasteiger charge is 2.30. The summed E-state index contributed by atoms with van der Waals surface area (Å²) in [4.78, 5) is 13.4. The lowest BCUT2D eigenvalue weighted by Gasteiger charge is -2.33. The van der Waals surface area contributed by atoms with E-state index in [1.807, 2.05) is 11.7 Å². The number of amides is 1. The van der Waals surface area contributed by atoms with Gasteiger partial charge < -0.3 is 10.2 Å². The molecular weight excluding hydrogens is 357 g/mol. The molecule has 1 aromatic carbocycles. The number of benzene rings is 1. The van der Waals surface area contributed by atoms with Crippen LogP contribution >= 0.6 is 0 Å². The summed E-state index contributed by atoms with van der Waals surface area (Å²) in [5.41, 5.74) is 1.11. The molecule has 1 amide bonds. The van der Waals surface area contributed by atoms with Gasteiger partial charge >= 0.3 is 6.18 Å². The van der Waals surface area contributed by atoms with Crippen molar-refractivity contribution in [2.24, 2.45) is 5.92 Å². The van der Waals surface area contributed by atoms with Crippen LogP contribution in [0.4, 0.5) is 19.0 Å². The zero-order chi connectivity index (χ0) is 19.6. The number of nitrogens with zero attached hydrogens (tertiary/aromatic N) is 3. The first-order valence-electron chi connectivity index (χ1n) is 8.60. The molecule has 0 saturated carbocycles. The number of anilines is 1. The molecule has 1 aromatic heterocycles. The minimum atomic E-state index is -4.33. The Labute approximate surface area is 155 Å². The Balaban J connectivity index is 1.71. The number of hydrogen-bond acceptors (Lipinski definition) is 3. The molecule has 144 valence electrons. The van der Waals surface area contributed by atoms with Crippen LogP contribution in [-0.2, 0) is 23.9 Å². The molecule has 1 unspecified atom stereocenters. The van der Waals surface area contributed by atoms with Gasteiger partial charge in [0.05, 0.1) is 11.8 Å². The quantitative estimate of drug-likeness (QED) is 0.814. The Morgan fingerprint density at radius 2 is 2.04 bits per heavy atom. The topological polar surface area (TPSA) is 50.2 Å². The lowest BCUT2D eigenvalue weighted by atomic mass is 10.0. The molecule has 1 aliphatic heterocycles.